The van der Waals surface area contributed by atoms with Crippen LogP contribution in [0.15, 0.2) is 176 Å². The van der Waals surface area contributed by atoms with Gasteiger partial charge in [0.25, 0.3) is 0 Å². The summed E-state index contributed by atoms with van der Waals surface area (Å²) >= 11 is 0. The lowest BCUT2D eigenvalue weighted by Crippen LogP contribution is -2.55. The maximum atomic E-state index is 2.51. The molecule has 1 nitrogen and oxygen atoms in total. The van der Waals surface area contributed by atoms with Crippen molar-refractivity contribution >= 4 is 17.1 Å². The largest absolute Gasteiger partial charge is 0.310 e. The van der Waals surface area contributed by atoms with E-state index in [2.05, 4.69) is 181 Å². The molecule has 7 aromatic carbocycles. The van der Waals surface area contributed by atoms with E-state index >= 15 is 0 Å². The van der Waals surface area contributed by atoms with Gasteiger partial charge < -0.3 is 4.90 Å². The Bertz CT molecular complexity index is 2430. The minimum Gasteiger partial charge on any atom is -0.310 e. The zero-order valence-corrected chi connectivity index (χ0v) is 30.0. The first-order valence-corrected chi connectivity index (χ1v) is 19.7. The predicted molar refractivity (Wildman–Crippen MR) is 221 cm³/mol. The van der Waals surface area contributed by atoms with E-state index < -0.39 is 0 Å². The van der Waals surface area contributed by atoms with Crippen LogP contribution >= 0.6 is 0 Å². The standard InChI is InChI=1S/C52H43N/c1-3-12-37(13-4-1)39-24-26-44(27-25-39)53(45-18-9-16-40(33-45)38-14-5-2-6-15-38)46-19-10-17-41(34-46)47-21-11-23-50-51(47)48-20-7-8-22-49(48)52(50)42-29-35-28-36(31-42)32-43(52)30-35/h1-27,33-36,42-43H,28-32H2. The highest BCUT2D eigenvalue weighted by Gasteiger charge is 2.61. The Morgan fingerprint density at radius 2 is 0.849 bits per heavy atom. The fourth-order valence-corrected chi connectivity index (χ4v) is 11.6. The van der Waals surface area contributed by atoms with Crippen molar-refractivity contribution in [3.05, 3.63) is 187 Å². The number of hydrogen-bond acceptors (Lipinski definition) is 1. The van der Waals surface area contributed by atoms with Crippen LogP contribution < -0.4 is 4.90 Å². The first-order valence-electron chi connectivity index (χ1n) is 19.7. The molecule has 0 aliphatic heterocycles. The van der Waals surface area contributed by atoms with Gasteiger partial charge >= 0.3 is 0 Å². The third-order valence-corrected chi connectivity index (χ3v) is 13.4. The molecule has 5 aliphatic rings. The molecule has 0 aromatic heterocycles. The second kappa shape index (κ2) is 12.2. The van der Waals surface area contributed by atoms with Gasteiger partial charge in [-0.15, -0.1) is 0 Å². The highest BCUT2D eigenvalue weighted by molar-refractivity contribution is 5.94. The molecule has 0 N–H and O–H groups in total. The molecule has 4 saturated carbocycles. The summed E-state index contributed by atoms with van der Waals surface area (Å²) in [5.74, 6) is 3.39. The summed E-state index contributed by atoms with van der Waals surface area (Å²) in [7, 11) is 0. The Morgan fingerprint density at radius 3 is 1.53 bits per heavy atom. The molecule has 1 spiro atoms. The molecule has 0 amide bonds. The summed E-state index contributed by atoms with van der Waals surface area (Å²) in [6.07, 6.45) is 7.09. The molecule has 5 aliphatic carbocycles. The quantitative estimate of drug-likeness (QED) is 0.169. The van der Waals surface area contributed by atoms with Crippen LogP contribution in [0.5, 0.6) is 0 Å². The van der Waals surface area contributed by atoms with Gasteiger partial charge in [0.2, 0.25) is 0 Å². The van der Waals surface area contributed by atoms with Crippen LogP contribution in [0.2, 0.25) is 0 Å². The first-order chi connectivity index (χ1) is 26.2. The fraction of sp³-hybridized carbons (Fsp3) is 0.192. The van der Waals surface area contributed by atoms with Crippen LogP contribution in [0.4, 0.5) is 17.1 Å². The highest BCUT2D eigenvalue weighted by atomic mass is 15.1. The first kappa shape index (κ1) is 30.9. The smallest absolute Gasteiger partial charge is 0.0467 e. The van der Waals surface area contributed by atoms with E-state index in [0.717, 1.165) is 40.7 Å². The monoisotopic (exact) mass is 681 g/mol. The summed E-state index contributed by atoms with van der Waals surface area (Å²) in [5, 5.41) is 0. The zero-order valence-electron chi connectivity index (χ0n) is 30.0. The number of fused-ring (bicyclic) bond motifs is 3. The molecule has 0 unspecified atom stereocenters. The van der Waals surface area contributed by atoms with E-state index in [9.17, 15) is 0 Å². The number of anilines is 3. The van der Waals surface area contributed by atoms with Crippen molar-refractivity contribution in [3.63, 3.8) is 0 Å². The number of benzene rings is 7. The van der Waals surface area contributed by atoms with Crippen LogP contribution in [-0.4, -0.2) is 0 Å². The van der Waals surface area contributed by atoms with Crippen LogP contribution in [0.3, 0.4) is 0 Å². The average Bonchev–Trinajstić information content (AvgIpc) is 3.52. The molecule has 53 heavy (non-hydrogen) atoms. The molecule has 4 fully saturated rings. The zero-order chi connectivity index (χ0) is 34.9. The Hall–Kier alpha value is -5.66. The van der Waals surface area contributed by atoms with Gasteiger partial charge in [0.1, 0.15) is 0 Å². The molecular formula is C52H43N. The van der Waals surface area contributed by atoms with E-state index in [4.69, 9.17) is 0 Å². The van der Waals surface area contributed by atoms with Gasteiger partial charge in [-0.3, -0.25) is 0 Å². The van der Waals surface area contributed by atoms with Crippen molar-refractivity contribution in [2.24, 2.45) is 23.7 Å². The van der Waals surface area contributed by atoms with Gasteiger partial charge in [-0.2, -0.15) is 0 Å². The van der Waals surface area contributed by atoms with E-state index in [1.165, 1.54) is 76.6 Å². The van der Waals surface area contributed by atoms with Gasteiger partial charge in [0.05, 0.1) is 0 Å². The molecule has 256 valence electrons. The number of rotatable bonds is 6. The molecule has 1 heteroatoms. The topological polar surface area (TPSA) is 3.24 Å². The van der Waals surface area contributed by atoms with Gasteiger partial charge in [0.15, 0.2) is 0 Å². The lowest BCUT2D eigenvalue weighted by atomic mass is 9.43. The van der Waals surface area contributed by atoms with Crippen molar-refractivity contribution in [2.45, 2.75) is 37.5 Å². The molecule has 0 saturated heterocycles. The highest BCUT2D eigenvalue weighted by Crippen LogP contribution is 2.70. The molecule has 7 aromatic rings. The van der Waals surface area contributed by atoms with Gasteiger partial charge in [-0.25, -0.2) is 0 Å². The summed E-state index contributed by atoms with van der Waals surface area (Å²) in [6, 6.07) is 65.5. The maximum absolute atomic E-state index is 2.51. The van der Waals surface area contributed by atoms with Crippen molar-refractivity contribution in [1.29, 1.82) is 0 Å². The molecule has 0 heterocycles. The van der Waals surface area contributed by atoms with E-state index in [1.807, 2.05) is 0 Å². The fourth-order valence-electron chi connectivity index (χ4n) is 11.6. The maximum Gasteiger partial charge on any atom is 0.0467 e. The Labute approximate surface area is 313 Å². The van der Waals surface area contributed by atoms with E-state index in [0.29, 0.717) is 0 Å². The predicted octanol–water partition coefficient (Wildman–Crippen LogP) is 13.9. The van der Waals surface area contributed by atoms with Crippen LogP contribution in [0.1, 0.15) is 43.2 Å². The van der Waals surface area contributed by atoms with Gasteiger partial charge in [-0.05, 0) is 148 Å². The second-order valence-corrected chi connectivity index (χ2v) is 16.2. The number of nitrogens with zero attached hydrogens (tertiary/aromatic N) is 1. The van der Waals surface area contributed by atoms with Crippen LogP contribution in [-0.2, 0) is 5.41 Å². The lowest BCUT2D eigenvalue weighted by molar-refractivity contribution is -0.0399. The van der Waals surface area contributed by atoms with E-state index in [1.54, 1.807) is 11.1 Å². The van der Waals surface area contributed by atoms with Crippen molar-refractivity contribution in [2.75, 3.05) is 4.90 Å². The van der Waals surface area contributed by atoms with Gasteiger partial charge in [0, 0.05) is 22.5 Å². The van der Waals surface area contributed by atoms with Crippen molar-refractivity contribution in [1.82, 2.24) is 0 Å². The second-order valence-electron chi connectivity index (χ2n) is 16.2. The lowest BCUT2D eigenvalue weighted by Gasteiger charge is -2.61. The van der Waals surface area contributed by atoms with Crippen LogP contribution in [0, 0.1) is 23.7 Å². The van der Waals surface area contributed by atoms with Crippen molar-refractivity contribution in [3.8, 4) is 44.5 Å². The summed E-state index contributed by atoms with van der Waals surface area (Å²) in [5.41, 5.74) is 17.3. The summed E-state index contributed by atoms with van der Waals surface area (Å²) < 4.78 is 0. The normalized spacial score (nSPS) is 23.2. The SMILES string of the molecule is c1ccc(-c2ccc(N(c3cccc(-c4ccccc4)c3)c3cccc(-c4cccc5c4-c4ccccc4C54C5CC6CC(C5)CC4C6)c3)cc2)cc1. The third-order valence-electron chi connectivity index (χ3n) is 13.4. The molecule has 0 radical (unpaired) electrons. The summed E-state index contributed by atoms with van der Waals surface area (Å²) in [6.45, 7) is 0. The summed E-state index contributed by atoms with van der Waals surface area (Å²) in [4.78, 5) is 2.43. The minimum atomic E-state index is 0.164. The number of hydrogen-bond donors (Lipinski definition) is 0. The molecular weight excluding hydrogens is 639 g/mol. The Kier molecular flexibility index (Phi) is 7.12. The Morgan fingerprint density at radius 1 is 0.358 bits per heavy atom. The molecule has 0 atom stereocenters. The third kappa shape index (κ3) is 4.83. The van der Waals surface area contributed by atoms with Gasteiger partial charge in [-0.1, -0.05) is 140 Å². The average molecular weight is 682 g/mol. The van der Waals surface area contributed by atoms with Crippen molar-refractivity contribution < 1.29 is 0 Å². The van der Waals surface area contributed by atoms with Crippen LogP contribution in [0.25, 0.3) is 44.5 Å². The van der Waals surface area contributed by atoms with E-state index in [-0.39, 0.29) is 5.41 Å². The minimum absolute atomic E-state index is 0.164. The molecule has 12 rings (SSSR count). The molecule has 4 bridgehead atoms. The Balaban J connectivity index is 1.06.